The van der Waals surface area contributed by atoms with Crippen LogP contribution in [0, 0.1) is 5.82 Å². The Balaban J connectivity index is 0.00000364. The molecule has 0 saturated carbocycles. The van der Waals surface area contributed by atoms with Crippen LogP contribution in [0.5, 0.6) is 0 Å². The third-order valence-corrected chi connectivity index (χ3v) is 5.46. The van der Waals surface area contributed by atoms with E-state index in [1.54, 1.807) is 13.4 Å². The molecule has 0 saturated heterocycles. The van der Waals surface area contributed by atoms with Crippen LogP contribution in [0.4, 0.5) is 4.39 Å². The number of aryl methyl sites for hydroxylation is 1. The number of aliphatic imine (C=N–C) groups is 1. The quantitative estimate of drug-likeness (QED) is 0.315. The first-order valence-corrected chi connectivity index (χ1v) is 9.91. The van der Waals surface area contributed by atoms with Gasteiger partial charge in [0.15, 0.2) is 15.8 Å². The fourth-order valence-corrected chi connectivity index (χ4v) is 3.61. The van der Waals surface area contributed by atoms with Gasteiger partial charge in [0.2, 0.25) is 0 Å². The molecule has 0 atom stereocenters. The van der Waals surface area contributed by atoms with Crippen molar-refractivity contribution in [1.29, 1.82) is 0 Å². The number of benzene rings is 1. The van der Waals surface area contributed by atoms with Crippen molar-refractivity contribution in [3.63, 3.8) is 0 Å². The Morgan fingerprint density at radius 2 is 1.96 bits per heavy atom. The second-order valence-corrected chi connectivity index (χ2v) is 7.55. The van der Waals surface area contributed by atoms with Gasteiger partial charge in [0.05, 0.1) is 5.75 Å². The maximum atomic E-state index is 13.7. The maximum Gasteiger partial charge on any atom is 0.191 e. The molecule has 0 aliphatic heterocycles. The van der Waals surface area contributed by atoms with Gasteiger partial charge in [-0.1, -0.05) is 19.1 Å². The van der Waals surface area contributed by atoms with Crippen molar-refractivity contribution in [2.24, 2.45) is 4.99 Å². The van der Waals surface area contributed by atoms with E-state index in [1.165, 1.54) is 18.2 Å². The van der Waals surface area contributed by atoms with E-state index in [4.69, 9.17) is 0 Å². The second-order valence-electron chi connectivity index (χ2n) is 5.47. The Labute approximate surface area is 175 Å². The Kier molecular flexibility index (Phi) is 9.63. The van der Waals surface area contributed by atoms with Crippen LogP contribution in [0.25, 0.3) is 0 Å². The van der Waals surface area contributed by atoms with E-state index in [-0.39, 0.29) is 41.2 Å². The summed E-state index contributed by atoms with van der Waals surface area (Å²) in [6.07, 6.45) is 2.46. The van der Waals surface area contributed by atoms with Crippen LogP contribution in [0.1, 0.15) is 12.7 Å². The van der Waals surface area contributed by atoms with Crippen LogP contribution in [0.2, 0.25) is 0 Å². The molecule has 0 radical (unpaired) electrons. The minimum absolute atomic E-state index is 0. The molecule has 0 aliphatic rings. The van der Waals surface area contributed by atoms with Crippen molar-refractivity contribution in [2.45, 2.75) is 24.8 Å². The normalized spacial score (nSPS) is 11.7. The molecule has 0 bridgehead atoms. The topological polar surface area (TPSA) is 101 Å². The summed E-state index contributed by atoms with van der Waals surface area (Å²) in [5.41, 5.74) is 0. The minimum Gasteiger partial charge on any atom is -0.355 e. The van der Waals surface area contributed by atoms with Crippen molar-refractivity contribution in [3.05, 3.63) is 42.2 Å². The van der Waals surface area contributed by atoms with E-state index in [1.807, 2.05) is 11.5 Å². The van der Waals surface area contributed by atoms with Crippen LogP contribution in [-0.2, 0) is 22.8 Å². The summed E-state index contributed by atoms with van der Waals surface area (Å²) in [7, 11) is -2.11. The van der Waals surface area contributed by atoms with Crippen molar-refractivity contribution < 1.29 is 12.8 Å². The lowest BCUT2D eigenvalue weighted by Gasteiger charge is -2.13. The average molecular weight is 510 g/mol. The number of nitrogens with one attached hydrogen (secondary N) is 2. The summed E-state index contributed by atoms with van der Waals surface area (Å²) in [6.45, 7) is 3.35. The highest BCUT2D eigenvalue weighted by molar-refractivity contribution is 14.0. The highest BCUT2D eigenvalue weighted by Crippen LogP contribution is 2.14. The summed E-state index contributed by atoms with van der Waals surface area (Å²) in [5.74, 6) is 0.390. The number of rotatable bonds is 8. The van der Waals surface area contributed by atoms with Crippen molar-refractivity contribution in [3.8, 4) is 0 Å². The molecular formula is C16H24FIN6O2S. The van der Waals surface area contributed by atoms with Crippen LogP contribution >= 0.6 is 24.0 Å². The van der Waals surface area contributed by atoms with Gasteiger partial charge in [0.25, 0.3) is 0 Å². The Morgan fingerprint density at radius 3 is 2.63 bits per heavy atom. The van der Waals surface area contributed by atoms with Gasteiger partial charge in [0, 0.05) is 33.1 Å². The predicted octanol–water partition coefficient (Wildman–Crippen LogP) is 1.24. The van der Waals surface area contributed by atoms with Crippen LogP contribution in [0.3, 0.4) is 0 Å². The molecule has 27 heavy (non-hydrogen) atoms. The SMILES string of the molecule is CCc1nncn1CCNC(=NC)NCCS(=O)(=O)c1ccccc1F.I. The molecule has 0 aliphatic carbocycles. The van der Waals surface area contributed by atoms with E-state index >= 15 is 0 Å². The molecule has 1 aromatic heterocycles. The molecular weight excluding hydrogens is 486 g/mol. The molecule has 8 nitrogen and oxygen atoms in total. The zero-order valence-corrected chi connectivity index (χ0v) is 18.4. The van der Waals surface area contributed by atoms with Gasteiger partial charge in [-0.25, -0.2) is 12.8 Å². The molecule has 0 fully saturated rings. The third-order valence-electron chi connectivity index (χ3n) is 3.72. The van der Waals surface area contributed by atoms with Crippen LogP contribution in [0.15, 0.2) is 40.5 Å². The Hall–Kier alpha value is -1.76. The predicted molar refractivity (Wildman–Crippen MR) is 113 cm³/mol. The number of sulfone groups is 1. The van der Waals surface area contributed by atoms with Gasteiger partial charge in [-0.15, -0.1) is 34.2 Å². The van der Waals surface area contributed by atoms with E-state index in [0.717, 1.165) is 18.3 Å². The van der Waals surface area contributed by atoms with Crippen molar-refractivity contribution >= 4 is 39.8 Å². The zero-order valence-electron chi connectivity index (χ0n) is 15.2. The Bertz CT molecular complexity index is 856. The van der Waals surface area contributed by atoms with Gasteiger partial charge in [-0.05, 0) is 12.1 Å². The van der Waals surface area contributed by atoms with E-state index in [0.29, 0.717) is 19.0 Å². The number of nitrogens with zero attached hydrogens (tertiary/aromatic N) is 4. The van der Waals surface area contributed by atoms with Crippen LogP contribution < -0.4 is 10.6 Å². The largest absolute Gasteiger partial charge is 0.355 e. The molecule has 2 N–H and O–H groups in total. The number of halogens is 2. The molecule has 1 heterocycles. The Morgan fingerprint density at radius 1 is 1.26 bits per heavy atom. The molecule has 0 spiro atoms. The minimum atomic E-state index is -3.70. The van der Waals surface area contributed by atoms with Gasteiger partial charge >= 0.3 is 0 Å². The molecule has 0 unspecified atom stereocenters. The number of hydrogen-bond acceptors (Lipinski definition) is 5. The summed E-state index contributed by atoms with van der Waals surface area (Å²) in [5, 5.41) is 13.9. The van der Waals surface area contributed by atoms with Crippen molar-refractivity contribution in [2.75, 3.05) is 25.9 Å². The van der Waals surface area contributed by atoms with Crippen LogP contribution in [-0.4, -0.2) is 55.0 Å². The lowest BCUT2D eigenvalue weighted by molar-refractivity contribution is 0.566. The average Bonchev–Trinajstić information content (AvgIpc) is 3.08. The number of hydrogen-bond donors (Lipinski definition) is 2. The van der Waals surface area contributed by atoms with Crippen molar-refractivity contribution in [1.82, 2.24) is 25.4 Å². The summed E-state index contributed by atoms with van der Waals surface area (Å²) >= 11 is 0. The molecule has 2 aromatic rings. The first-order valence-electron chi connectivity index (χ1n) is 8.26. The molecule has 11 heteroatoms. The number of aromatic nitrogens is 3. The summed E-state index contributed by atoms with van der Waals surface area (Å²) in [6, 6.07) is 5.36. The standard InChI is InChI=1S/C16H23FN6O2S.HI/c1-3-15-22-21-12-23(15)10-8-19-16(18-2)20-9-11-26(24,25)14-7-5-4-6-13(14)17;/h4-7,12H,3,8-11H2,1-2H3,(H2,18,19,20);1H. The third kappa shape index (κ3) is 6.72. The first kappa shape index (κ1) is 23.3. The summed E-state index contributed by atoms with van der Waals surface area (Å²) < 4.78 is 40.0. The smallest absolute Gasteiger partial charge is 0.191 e. The fourth-order valence-electron chi connectivity index (χ4n) is 2.37. The second kappa shape index (κ2) is 11.2. The fraction of sp³-hybridized carbons (Fsp3) is 0.438. The maximum absolute atomic E-state index is 13.7. The van der Waals surface area contributed by atoms with Gasteiger partial charge < -0.3 is 15.2 Å². The lowest BCUT2D eigenvalue weighted by Crippen LogP contribution is -2.40. The van der Waals surface area contributed by atoms with E-state index < -0.39 is 15.7 Å². The van der Waals surface area contributed by atoms with Gasteiger partial charge in [-0.3, -0.25) is 4.99 Å². The lowest BCUT2D eigenvalue weighted by atomic mass is 10.3. The molecule has 0 amide bonds. The highest BCUT2D eigenvalue weighted by atomic mass is 127. The molecule has 150 valence electrons. The highest BCUT2D eigenvalue weighted by Gasteiger charge is 2.18. The van der Waals surface area contributed by atoms with E-state index in [9.17, 15) is 12.8 Å². The summed E-state index contributed by atoms with van der Waals surface area (Å²) in [4.78, 5) is 3.76. The van der Waals surface area contributed by atoms with Gasteiger partial charge in [0.1, 0.15) is 22.9 Å². The van der Waals surface area contributed by atoms with Gasteiger partial charge in [-0.2, -0.15) is 0 Å². The zero-order chi connectivity index (χ0) is 19.0. The first-order chi connectivity index (χ1) is 12.5. The number of guanidine groups is 1. The molecule has 2 rings (SSSR count). The molecule has 1 aromatic carbocycles. The van der Waals surface area contributed by atoms with E-state index in [2.05, 4.69) is 25.8 Å². The monoisotopic (exact) mass is 510 g/mol.